The molecule has 1 N–H and O–H groups in total. The number of hydrogen-bond acceptors (Lipinski definition) is 5. The maximum absolute atomic E-state index is 13.0. The molecular formula is C20H28N2O5. The van der Waals surface area contributed by atoms with E-state index in [4.69, 9.17) is 9.47 Å². The van der Waals surface area contributed by atoms with Crippen LogP contribution in [0.5, 0.6) is 0 Å². The molecule has 0 aromatic heterocycles. The number of methoxy groups -OCH3 is 1. The summed E-state index contributed by atoms with van der Waals surface area (Å²) >= 11 is 0. The largest absolute Gasteiger partial charge is 0.467 e. The number of carbonyl (C=O) groups is 3. The van der Waals surface area contributed by atoms with Crippen molar-refractivity contribution in [3.8, 4) is 0 Å². The Bertz CT molecular complexity index is 649. The van der Waals surface area contributed by atoms with Gasteiger partial charge in [0.25, 0.3) is 0 Å². The van der Waals surface area contributed by atoms with Crippen LogP contribution < -0.4 is 5.32 Å². The van der Waals surface area contributed by atoms with E-state index in [1.165, 1.54) is 12.0 Å². The van der Waals surface area contributed by atoms with Crippen LogP contribution in [-0.4, -0.2) is 48.6 Å². The van der Waals surface area contributed by atoms with Crippen molar-refractivity contribution in [2.75, 3.05) is 13.7 Å². The first kappa shape index (κ1) is 20.7. The average Bonchev–Trinajstić information content (AvgIpc) is 3.19. The van der Waals surface area contributed by atoms with Gasteiger partial charge in [-0.3, -0.25) is 4.79 Å². The Morgan fingerprint density at radius 2 is 1.96 bits per heavy atom. The molecule has 0 bridgehead atoms. The Kier molecular flexibility index (Phi) is 7.64. The van der Waals surface area contributed by atoms with Crippen LogP contribution in [0.4, 0.5) is 4.79 Å². The number of benzene rings is 1. The lowest BCUT2D eigenvalue weighted by atomic mass is 9.97. The van der Waals surface area contributed by atoms with Gasteiger partial charge < -0.3 is 19.7 Å². The number of likely N-dealkylation sites (tertiary alicyclic amines) is 1. The summed E-state index contributed by atoms with van der Waals surface area (Å²) in [7, 11) is 1.31. The van der Waals surface area contributed by atoms with Crippen LogP contribution in [0.25, 0.3) is 0 Å². The smallest absolute Gasteiger partial charge is 0.408 e. The molecule has 7 heteroatoms. The number of carbonyl (C=O) groups excluding carboxylic acids is 3. The van der Waals surface area contributed by atoms with Gasteiger partial charge in [0.1, 0.15) is 18.7 Å². The molecule has 1 heterocycles. The third kappa shape index (κ3) is 5.45. The Labute approximate surface area is 160 Å². The minimum atomic E-state index is -0.747. The highest BCUT2D eigenvalue weighted by Gasteiger charge is 2.39. The number of hydrogen-bond donors (Lipinski definition) is 1. The van der Waals surface area contributed by atoms with Gasteiger partial charge in [-0.05, 0) is 24.3 Å². The van der Waals surface area contributed by atoms with E-state index >= 15 is 0 Å². The predicted octanol–water partition coefficient (Wildman–Crippen LogP) is 2.49. The van der Waals surface area contributed by atoms with Crippen LogP contribution in [0.2, 0.25) is 0 Å². The lowest BCUT2D eigenvalue weighted by Crippen LogP contribution is -2.54. The van der Waals surface area contributed by atoms with Crippen LogP contribution in [0, 0.1) is 5.92 Å². The minimum absolute atomic E-state index is 0.0966. The van der Waals surface area contributed by atoms with Gasteiger partial charge in [-0.25, -0.2) is 9.59 Å². The van der Waals surface area contributed by atoms with Crippen molar-refractivity contribution in [1.82, 2.24) is 10.2 Å². The monoisotopic (exact) mass is 376 g/mol. The van der Waals surface area contributed by atoms with Crippen molar-refractivity contribution in [3.05, 3.63) is 35.9 Å². The molecule has 1 aromatic carbocycles. The molecule has 2 amide bonds. The summed E-state index contributed by atoms with van der Waals surface area (Å²) in [6, 6.07) is 7.99. The first-order valence-electron chi connectivity index (χ1n) is 9.33. The summed E-state index contributed by atoms with van der Waals surface area (Å²) < 4.78 is 10.1. The number of nitrogens with one attached hydrogen (secondary N) is 1. The van der Waals surface area contributed by atoms with Crippen LogP contribution >= 0.6 is 0 Å². The van der Waals surface area contributed by atoms with E-state index in [1.807, 2.05) is 44.2 Å². The molecule has 1 aliphatic rings. The lowest BCUT2D eigenvalue weighted by Gasteiger charge is -2.30. The average molecular weight is 376 g/mol. The highest BCUT2D eigenvalue weighted by atomic mass is 16.5. The predicted molar refractivity (Wildman–Crippen MR) is 99.8 cm³/mol. The molecule has 0 spiro atoms. The molecule has 0 radical (unpaired) electrons. The highest BCUT2D eigenvalue weighted by molar-refractivity contribution is 5.90. The quantitative estimate of drug-likeness (QED) is 0.739. The fraction of sp³-hybridized carbons (Fsp3) is 0.550. The topological polar surface area (TPSA) is 84.9 Å². The second-order valence-corrected chi connectivity index (χ2v) is 6.78. The Balaban J connectivity index is 2.02. The number of rotatable bonds is 7. The summed E-state index contributed by atoms with van der Waals surface area (Å²) in [5, 5.41) is 2.69. The molecule has 2 rings (SSSR count). The maximum Gasteiger partial charge on any atom is 0.408 e. The van der Waals surface area contributed by atoms with E-state index in [1.54, 1.807) is 0 Å². The minimum Gasteiger partial charge on any atom is -0.467 e. The maximum atomic E-state index is 13.0. The van der Waals surface area contributed by atoms with Crippen LogP contribution in [0.3, 0.4) is 0 Å². The molecule has 1 saturated heterocycles. The molecule has 1 aromatic rings. The number of nitrogens with zero attached hydrogens (tertiary/aromatic N) is 1. The molecule has 27 heavy (non-hydrogen) atoms. The normalized spacial score (nSPS) is 18.5. The molecule has 3 atom stereocenters. The molecule has 148 valence electrons. The van der Waals surface area contributed by atoms with E-state index in [2.05, 4.69) is 5.32 Å². The number of amides is 2. The van der Waals surface area contributed by atoms with E-state index in [-0.39, 0.29) is 18.4 Å². The van der Waals surface area contributed by atoms with Crippen molar-refractivity contribution >= 4 is 18.0 Å². The molecule has 7 nitrogen and oxygen atoms in total. The van der Waals surface area contributed by atoms with E-state index in [9.17, 15) is 14.4 Å². The highest BCUT2D eigenvalue weighted by Crippen LogP contribution is 2.22. The fourth-order valence-electron chi connectivity index (χ4n) is 3.17. The van der Waals surface area contributed by atoms with Crippen molar-refractivity contribution in [1.29, 1.82) is 0 Å². The van der Waals surface area contributed by atoms with Gasteiger partial charge in [0.2, 0.25) is 5.91 Å². The fourth-order valence-corrected chi connectivity index (χ4v) is 3.17. The summed E-state index contributed by atoms with van der Waals surface area (Å²) in [6.45, 7) is 4.45. The first-order valence-corrected chi connectivity index (χ1v) is 9.33. The molecular weight excluding hydrogens is 348 g/mol. The first-order chi connectivity index (χ1) is 13.0. The Hall–Kier alpha value is -2.57. The third-order valence-corrected chi connectivity index (χ3v) is 4.97. The molecule has 1 aliphatic heterocycles. The summed E-state index contributed by atoms with van der Waals surface area (Å²) in [5.74, 6) is -0.787. The van der Waals surface area contributed by atoms with Crippen LogP contribution in [0.15, 0.2) is 30.3 Å². The van der Waals surface area contributed by atoms with E-state index < -0.39 is 24.1 Å². The molecule has 1 fully saturated rings. The summed E-state index contributed by atoms with van der Waals surface area (Å²) in [6.07, 6.45) is 1.36. The molecule has 0 aliphatic carbocycles. The standard InChI is InChI=1S/C20H28N2O5/c1-4-14(2)17(18(23)22-12-8-11-16(22)19(24)26-3)21-20(25)27-13-15-9-6-5-7-10-15/h5-7,9-10,14,16-17H,4,8,11-13H2,1-3H3,(H,21,25)/t14-,16-,17?/m0/s1. The SMILES string of the molecule is CC[C@H](C)C(NC(=O)OCc1ccccc1)C(=O)N1CCC[C@H]1C(=O)OC. The second kappa shape index (κ2) is 9.94. The van der Waals surface area contributed by atoms with Crippen molar-refractivity contribution in [3.63, 3.8) is 0 Å². The molecule has 1 unspecified atom stereocenters. The van der Waals surface area contributed by atoms with Gasteiger partial charge in [0.15, 0.2) is 0 Å². The lowest BCUT2D eigenvalue weighted by molar-refractivity contribution is -0.152. The van der Waals surface area contributed by atoms with E-state index in [0.29, 0.717) is 19.4 Å². The zero-order valence-corrected chi connectivity index (χ0v) is 16.1. The van der Waals surface area contributed by atoms with Crippen LogP contribution in [0.1, 0.15) is 38.7 Å². The zero-order chi connectivity index (χ0) is 19.8. The van der Waals surface area contributed by atoms with Crippen LogP contribution in [-0.2, 0) is 25.7 Å². The van der Waals surface area contributed by atoms with Gasteiger partial charge in [0.05, 0.1) is 7.11 Å². The zero-order valence-electron chi connectivity index (χ0n) is 16.1. The Morgan fingerprint density at radius 3 is 2.59 bits per heavy atom. The summed E-state index contributed by atoms with van der Waals surface area (Å²) in [4.78, 5) is 38.7. The van der Waals surface area contributed by atoms with Gasteiger partial charge in [-0.1, -0.05) is 50.6 Å². The van der Waals surface area contributed by atoms with Gasteiger partial charge in [-0.15, -0.1) is 0 Å². The van der Waals surface area contributed by atoms with Crippen molar-refractivity contribution in [2.45, 2.75) is 51.8 Å². The van der Waals surface area contributed by atoms with Gasteiger partial charge in [-0.2, -0.15) is 0 Å². The second-order valence-electron chi connectivity index (χ2n) is 6.78. The van der Waals surface area contributed by atoms with Gasteiger partial charge in [0, 0.05) is 6.54 Å². The number of esters is 1. The Morgan fingerprint density at radius 1 is 1.26 bits per heavy atom. The van der Waals surface area contributed by atoms with Crippen molar-refractivity contribution < 1.29 is 23.9 Å². The summed E-state index contributed by atoms with van der Waals surface area (Å²) in [5.41, 5.74) is 0.865. The number of alkyl carbamates (subject to hydrolysis) is 1. The molecule has 0 saturated carbocycles. The van der Waals surface area contributed by atoms with Gasteiger partial charge >= 0.3 is 12.1 Å². The van der Waals surface area contributed by atoms with Crippen molar-refractivity contribution in [2.24, 2.45) is 5.92 Å². The van der Waals surface area contributed by atoms with E-state index in [0.717, 1.165) is 12.0 Å². The number of ether oxygens (including phenoxy) is 2. The third-order valence-electron chi connectivity index (χ3n) is 4.97.